The van der Waals surface area contributed by atoms with Gasteiger partial charge in [0.05, 0.1) is 11.8 Å². The van der Waals surface area contributed by atoms with Crippen LogP contribution in [0.5, 0.6) is 0 Å². The molecular formula is C25H27NO8. The first-order valence-corrected chi connectivity index (χ1v) is 10.6. The lowest BCUT2D eigenvalue weighted by Gasteiger charge is -2.33. The maximum atomic E-state index is 12.0. The molecule has 1 aromatic rings. The molecule has 0 saturated heterocycles. The Bertz CT molecular complexity index is 1100. The highest BCUT2D eigenvalue weighted by Gasteiger charge is 2.39. The Kier molecular flexibility index (Phi) is 8.94. The van der Waals surface area contributed by atoms with Gasteiger partial charge in [0.15, 0.2) is 5.78 Å². The number of amides is 1. The summed E-state index contributed by atoms with van der Waals surface area (Å²) >= 11 is 0. The minimum Gasteiger partial charge on any atom is -0.506 e. The number of Topliss-reactive ketones (excluding diaryl/α,β-unsaturated/α-hetero) is 1. The molecule has 1 aromatic carbocycles. The number of aliphatic hydroxyl groups is 1. The van der Waals surface area contributed by atoms with Crippen LogP contribution in [0.1, 0.15) is 26.3 Å². The molecule has 0 fully saturated rings. The van der Waals surface area contributed by atoms with Gasteiger partial charge in [-0.1, -0.05) is 37.3 Å². The molecule has 0 spiro atoms. The maximum Gasteiger partial charge on any atom is 0.343 e. The van der Waals surface area contributed by atoms with Crippen molar-refractivity contribution >= 4 is 23.6 Å². The Morgan fingerprint density at radius 3 is 2.32 bits per heavy atom. The number of ether oxygens (including phenoxy) is 1. The van der Waals surface area contributed by atoms with Gasteiger partial charge in [-0.15, -0.1) is 0 Å². The van der Waals surface area contributed by atoms with Crippen molar-refractivity contribution in [2.24, 2.45) is 5.92 Å². The lowest BCUT2D eigenvalue weighted by molar-refractivity contribution is -0.134. The van der Waals surface area contributed by atoms with Crippen molar-refractivity contribution in [3.63, 3.8) is 0 Å². The van der Waals surface area contributed by atoms with E-state index in [4.69, 9.17) is 14.9 Å². The highest BCUT2D eigenvalue weighted by Crippen LogP contribution is 2.40. The predicted octanol–water partition coefficient (Wildman–Crippen LogP) is 2.71. The van der Waals surface area contributed by atoms with E-state index in [1.807, 2.05) is 44.2 Å². The van der Waals surface area contributed by atoms with Crippen LogP contribution >= 0.6 is 0 Å². The van der Waals surface area contributed by atoms with E-state index in [-0.39, 0.29) is 12.0 Å². The second kappa shape index (κ2) is 11.6. The van der Waals surface area contributed by atoms with Crippen molar-refractivity contribution < 1.29 is 39.2 Å². The zero-order valence-corrected chi connectivity index (χ0v) is 19.1. The summed E-state index contributed by atoms with van der Waals surface area (Å²) in [4.78, 5) is 44.2. The molecule has 2 atom stereocenters. The third-order valence-corrected chi connectivity index (χ3v) is 5.46. The summed E-state index contributed by atoms with van der Waals surface area (Å²) in [7, 11) is 0. The van der Waals surface area contributed by atoms with E-state index >= 15 is 0 Å². The van der Waals surface area contributed by atoms with Gasteiger partial charge in [0.1, 0.15) is 17.4 Å². The molecule has 0 unspecified atom stereocenters. The molecule has 1 aliphatic heterocycles. The predicted molar refractivity (Wildman–Crippen MR) is 123 cm³/mol. The Hall–Kier alpha value is -4.14. The van der Waals surface area contributed by atoms with Crippen LogP contribution in [0.15, 0.2) is 76.8 Å². The van der Waals surface area contributed by atoms with Crippen LogP contribution in [-0.4, -0.2) is 51.6 Å². The summed E-state index contributed by atoms with van der Waals surface area (Å²) in [5, 5.41) is 29.8. The van der Waals surface area contributed by atoms with Gasteiger partial charge in [0.25, 0.3) is 0 Å². The van der Waals surface area contributed by atoms with Crippen molar-refractivity contribution in [1.82, 2.24) is 5.32 Å². The summed E-state index contributed by atoms with van der Waals surface area (Å²) in [6.07, 6.45) is 3.76. The first-order valence-electron chi connectivity index (χ1n) is 10.6. The Morgan fingerprint density at radius 2 is 1.74 bits per heavy atom. The number of carboxylic acid groups (broad SMARTS) is 2. The fraction of sp³-hybridized carbons (Fsp3) is 0.280. The lowest BCUT2D eigenvalue weighted by atomic mass is 9.78. The largest absolute Gasteiger partial charge is 0.506 e. The third-order valence-electron chi connectivity index (χ3n) is 5.46. The van der Waals surface area contributed by atoms with Gasteiger partial charge < -0.3 is 25.4 Å². The van der Waals surface area contributed by atoms with Gasteiger partial charge in [-0.2, -0.15) is 0 Å². The topological polar surface area (TPSA) is 150 Å². The molecule has 9 heteroatoms. The second-order valence-corrected chi connectivity index (χ2v) is 7.76. The van der Waals surface area contributed by atoms with Gasteiger partial charge in [-0.05, 0) is 31.4 Å². The number of fused-ring (bicyclic) bond motifs is 1. The number of aliphatic hydroxyl groups excluding tert-OH is 1. The van der Waals surface area contributed by atoms with Crippen LogP contribution in [0.3, 0.4) is 0 Å². The standard InChI is InChI=1S/C13H14O5.C12H13NO3/c1-5-7(3)18-4-8-9(5)6(2)11(14)10(12(8)15)13(16)17;14-11(6-7-12(15)16)13-9-8-10-4-2-1-3-5-10/h4-5,7,15H,1-3H3,(H,16,17);1-7H,8-9H2,(H,13,14)(H,15,16)/b;7-6-/t5-,7-;/m1./s1. The molecule has 2 aliphatic rings. The molecular weight excluding hydrogens is 442 g/mol. The van der Waals surface area contributed by atoms with Crippen molar-refractivity contribution in [1.29, 1.82) is 0 Å². The summed E-state index contributed by atoms with van der Waals surface area (Å²) < 4.78 is 5.35. The summed E-state index contributed by atoms with van der Waals surface area (Å²) in [6, 6.07) is 9.74. The normalized spacial score (nSPS) is 19.5. The molecule has 4 N–H and O–H groups in total. The molecule has 34 heavy (non-hydrogen) atoms. The number of carbonyl (C=O) groups is 4. The number of rotatable bonds is 6. The fourth-order valence-corrected chi connectivity index (χ4v) is 3.49. The molecule has 3 rings (SSSR count). The zero-order chi connectivity index (χ0) is 25.4. The average Bonchev–Trinajstić information content (AvgIpc) is 2.79. The monoisotopic (exact) mass is 469 g/mol. The summed E-state index contributed by atoms with van der Waals surface area (Å²) in [5.41, 5.74) is 1.87. The number of nitrogens with one attached hydrogen (secondary N) is 1. The highest BCUT2D eigenvalue weighted by atomic mass is 16.5. The number of benzene rings is 1. The molecule has 1 heterocycles. The number of carboxylic acids is 2. The van der Waals surface area contributed by atoms with Crippen molar-refractivity contribution in [2.75, 3.05) is 6.54 Å². The van der Waals surface area contributed by atoms with E-state index in [2.05, 4.69) is 5.32 Å². The van der Waals surface area contributed by atoms with Gasteiger partial charge >= 0.3 is 11.9 Å². The SMILES string of the molecule is CC1=C2C(=CO[C@H](C)[C@H]2C)C(O)=C(C(=O)O)C1=O.O=C(O)/C=C\C(=O)NCCc1ccccc1. The summed E-state index contributed by atoms with van der Waals surface area (Å²) in [6.45, 7) is 5.81. The number of ketones is 1. The van der Waals surface area contributed by atoms with E-state index in [0.29, 0.717) is 23.3 Å². The van der Waals surface area contributed by atoms with Gasteiger partial charge in [0, 0.05) is 30.2 Å². The quantitative estimate of drug-likeness (QED) is 0.367. The number of aliphatic carboxylic acids is 2. The lowest BCUT2D eigenvalue weighted by Crippen LogP contribution is -2.31. The van der Waals surface area contributed by atoms with E-state index in [0.717, 1.165) is 24.1 Å². The van der Waals surface area contributed by atoms with Gasteiger partial charge in [-0.3, -0.25) is 9.59 Å². The van der Waals surface area contributed by atoms with Crippen molar-refractivity contribution in [3.8, 4) is 0 Å². The van der Waals surface area contributed by atoms with Crippen LogP contribution < -0.4 is 5.32 Å². The average molecular weight is 469 g/mol. The van der Waals surface area contributed by atoms with E-state index in [1.54, 1.807) is 6.92 Å². The number of carbonyl (C=O) groups excluding carboxylic acids is 2. The number of hydrogen-bond acceptors (Lipinski definition) is 6. The van der Waals surface area contributed by atoms with Crippen LogP contribution in [0.4, 0.5) is 0 Å². The van der Waals surface area contributed by atoms with Crippen molar-refractivity contribution in [2.45, 2.75) is 33.3 Å². The first-order chi connectivity index (χ1) is 16.0. The molecule has 0 bridgehead atoms. The van der Waals surface area contributed by atoms with Crippen LogP contribution in [0, 0.1) is 5.92 Å². The first kappa shape index (κ1) is 26.1. The van der Waals surface area contributed by atoms with Gasteiger partial charge in [-0.25, -0.2) is 9.59 Å². The molecule has 9 nitrogen and oxygen atoms in total. The Balaban J connectivity index is 0.000000242. The zero-order valence-electron chi connectivity index (χ0n) is 19.1. The molecule has 180 valence electrons. The van der Waals surface area contributed by atoms with Crippen LogP contribution in [0.25, 0.3) is 0 Å². The second-order valence-electron chi connectivity index (χ2n) is 7.76. The van der Waals surface area contributed by atoms with Crippen molar-refractivity contribution in [3.05, 3.63) is 82.4 Å². The minimum absolute atomic E-state index is 0.0774. The fourth-order valence-electron chi connectivity index (χ4n) is 3.49. The summed E-state index contributed by atoms with van der Waals surface area (Å²) in [5.74, 6) is -4.16. The smallest absolute Gasteiger partial charge is 0.343 e. The molecule has 0 aromatic heterocycles. The number of allylic oxidation sites excluding steroid dienone is 2. The third kappa shape index (κ3) is 6.44. The number of hydrogen-bond donors (Lipinski definition) is 4. The van der Waals surface area contributed by atoms with E-state index in [1.165, 1.54) is 6.26 Å². The van der Waals surface area contributed by atoms with Gasteiger partial charge in [0.2, 0.25) is 5.91 Å². The van der Waals surface area contributed by atoms with Crippen LogP contribution in [0.2, 0.25) is 0 Å². The van der Waals surface area contributed by atoms with E-state index < -0.39 is 35.0 Å². The highest BCUT2D eigenvalue weighted by molar-refractivity contribution is 6.25. The molecule has 1 aliphatic carbocycles. The van der Waals surface area contributed by atoms with Crippen LogP contribution in [-0.2, 0) is 30.3 Å². The Morgan fingerprint density at radius 1 is 1.09 bits per heavy atom. The molecule has 1 amide bonds. The molecule has 0 radical (unpaired) electrons. The maximum absolute atomic E-state index is 12.0. The minimum atomic E-state index is -1.43. The molecule has 0 saturated carbocycles. The Labute approximate surface area is 196 Å². The van der Waals surface area contributed by atoms with E-state index in [9.17, 15) is 24.3 Å².